The van der Waals surface area contributed by atoms with E-state index in [9.17, 15) is 0 Å². The molecule has 0 amide bonds. The number of hydrogen-bond acceptors (Lipinski definition) is 0. The van der Waals surface area contributed by atoms with E-state index in [-0.39, 0.29) is 0 Å². The van der Waals surface area contributed by atoms with Crippen molar-refractivity contribution in [2.75, 3.05) is 0 Å². The second-order valence-corrected chi connectivity index (χ2v) is 4.01. The summed E-state index contributed by atoms with van der Waals surface area (Å²) in [5.41, 5.74) is 5.31. The Hall–Kier alpha value is -1.56. The van der Waals surface area contributed by atoms with E-state index < -0.39 is 0 Å². The van der Waals surface area contributed by atoms with Gasteiger partial charge in [-0.2, -0.15) is 0 Å². The molecule has 2 rings (SSSR count). The summed E-state index contributed by atoms with van der Waals surface area (Å²) in [5, 5.41) is 0. The lowest BCUT2D eigenvalue weighted by Gasteiger charge is -2.07. The predicted molar refractivity (Wildman–Crippen MR) is 66.8 cm³/mol. The molecule has 76 valence electrons. The molecule has 1 aliphatic rings. The first-order chi connectivity index (χ1) is 7.27. The highest BCUT2D eigenvalue weighted by Gasteiger charge is 2.02. The third-order valence-electron chi connectivity index (χ3n) is 2.69. The average molecular weight is 196 g/mol. The van der Waals surface area contributed by atoms with E-state index in [1.165, 1.54) is 22.3 Å². The maximum atomic E-state index is 2.25. The molecule has 0 nitrogen and oxygen atoms in total. The van der Waals surface area contributed by atoms with Gasteiger partial charge in [0.1, 0.15) is 0 Å². The van der Waals surface area contributed by atoms with Crippen molar-refractivity contribution in [3.8, 4) is 0 Å². The molecule has 1 aromatic carbocycles. The molecule has 0 aliphatic heterocycles. The minimum absolute atomic E-state index is 1.03. The summed E-state index contributed by atoms with van der Waals surface area (Å²) in [4.78, 5) is 0. The highest BCUT2D eigenvalue weighted by molar-refractivity contribution is 5.77. The average Bonchev–Trinajstić information content (AvgIpc) is 2.50. The van der Waals surface area contributed by atoms with Crippen molar-refractivity contribution in [1.29, 1.82) is 0 Å². The first-order valence-electron chi connectivity index (χ1n) is 5.38. The van der Waals surface area contributed by atoms with Gasteiger partial charge in [-0.25, -0.2) is 0 Å². The van der Waals surface area contributed by atoms with Crippen LogP contribution in [-0.4, -0.2) is 0 Å². The lowest BCUT2D eigenvalue weighted by molar-refractivity contribution is 1.36. The summed E-state index contributed by atoms with van der Waals surface area (Å²) in [7, 11) is 0. The van der Waals surface area contributed by atoms with E-state index in [0.717, 1.165) is 6.42 Å². The van der Waals surface area contributed by atoms with E-state index in [0.29, 0.717) is 0 Å². The van der Waals surface area contributed by atoms with Gasteiger partial charge in [0.25, 0.3) is 0 Å². The molecule has 0 atom stereocenters. The number of aryl methyl sites for hydroxylation is 2. The van der Waals surface area contributed by atoms with E-state index in [4.69, 9.17) is 0 Å². The van der Waals surface area contributed by atoms with Gasteiger partial charge < -0.3 is 0 Å². The third-order valence-corrected chi connectivity index (χ3v) is 2.69. The van der Waals surface area contributed by atoms with Crippen LogP contribution in [0.3, 0.4) is 0 Å². The Labute approximate surface area is 91.6 Å². The van der Waals surface area contributed by atoms with Crippen LogP contribution in [0.5, 0.6) is 0 Å². The van der Waals surface area contributed by atoms with Crippen molar-refractivity contribution in [3.63, 3.8) is 0 Å². The zero-order valence-corrected chi connectivity index (χ0v) is 9.33. The van der Waals surface area contributed by atoms with Gasteiger partial charge in [0, 0.05) is 0 Å². The summed E-state index contributed by atoms with van der Waals surface area (Å²) in [6, 6.07) is 6.61. The fraction of sp³-hybridized carbons (Fsp3) is 0.200. The van der Waals surface area contributed by atoms with Crippen molar-refractivity contribution < 1.29 is 0 Å². The van der Waals surface area contributed by atoms with Crippen LogP contribution in [0, 0.1) is 13.8 Å². The summed E-state index contributed by atoms with van der Waals surface area (Å²) < 4.78 is 0. The quantitative estimate of drug-likeness (QED) is 0.631. The Morgan fingerprint density at radius 1 is 1.07 bits per heavy atom. The van der Waals surface area contributed by atoms with Gasteiger partial charge in [-0.15, -0.1) is 0 Å². The molecule has 0 radical (unpaired) electrons. The molecule has 0 unspecified atom stereocenters. The van der Waals surface area contributed by atoms with Gasteiger partial charge in [0.05, 0.1) is 0 Å². The van der Waals surface area contributed by atoms with Crippen molar-refractivity contribution in [2.45, 2.75) is 20.3 Å². The summed E-state index contributed by atoms with van der Waals surface area (Å²) in [6.07, 6.45) is 11.9. The number of hydrogen-bond donors (Lipinski definition) is 0. The molecule has 0 saturated carbocycles. The van der Waals surface area contributed by atoms with Gasteiger partial charge in [0.2, 0.25) is 0 Å². The molecule has 1 aliphatic carbocycles. The molecular formula is C15H16. The minimum atomic E-state index is 1.03. The molecule has 0 heteroatoms. The van der Waals surface area contributed by atoms with Crippen molar-refractivity contribution in [3.05, 3.63) is 65.3 Å². The molecule has 1 aromatic rings. The van der Waals surface area contributed by atoms with Crippen molar-refractivity contribution >= 4 is 5.57 Å². The zero-order chi connectivity index (χ0) is 10.7. The molecule has 0 aromatic heterocycles. The Morgan fingerprint density at radius 3 is 2.80 bits per heavy atom. The van der Waals surface area contributed by atoms with Gasteiger partial charge in [-0.05, 0) is 37.0 Å². The van der Waals surface area contributed by atoms with Crippen LogP contribution in [0.1, 0.15) is 23.1 Å². The molecule has 0 bridgehead atoms. The fourth-order valence-corrected chi connectivity index (χ4v) is 1.81. The summed E-state index contributed by atoms with van der Waals surface area (Å²) in [6.45, 7) is 4.30. The topological polar surface area (TPSA) is 0 Å². The van der Waals surface area contributed by atoms with Crippen LogP contribution in [0.4, 0.5) is 0 Å². The second-order valence-electron chi connectivity index (χ2n) is 4.01. The van der Waals surface area contributed by atoms with Crippen molar-refractivity contribution in [2.24, 2.45) is 0 Å². The number of benzene rings is 1. The Bertz CT molecular complexity index is 445. The van der Waals surface area contributed by atoms with E-state index in [2.05, 4.69) is 62.4 Å². The molecule has 15 heavy (non-hydrogen) atoms. The number of rotatable bonds is 1. The Balaban J connectivity index is 2.48. The second kappa shape index (κ2) is 4.31. The molecule has 0 spiro atoms. The van der Waals surface area contributed by atoms with Gasteiger partial charge in [-0.1, -0.05) is 54.1 Å². The first-order valence-corrected chi connectivity index (χ1v) is 5.38. The van der Waals surface area contributed by atoms with Gasteiger partial charge in [0.15, 0.2) is 0 Å². The molecule has 0 heterocycles. The monoisotopic (exact) mass is 196 g/mol. The van der Waals surface area contributed by atoms with Crippen LogP contribution in [0.25, 0.3) is 5.57 Å². The van der Waals surface area contributed by atoms with Crippen LogP contribution in [-0.2, 0) is 0 Å². The Kier molecular flexibility index (Phi) is 2.86. The smallest absolute Gasteiger partial charge is 0.0152 e. The highest BCUT2D eigenvalue weighted by Crippen LogP contribution is 2.23. The van der Waals surface area contributed by atoms with E-state index in [1.807, 2.05) is 0 Å². The molecule has 0 saturated heterocycles. The molecule has 0 fully saturated rings. The third kappa shape index (κ3) is 2.27. The maximum absolute atomic E-state index is 2.25. The lowest BCUT2D eigenvalue weighted by Crippen LogP contribution is -1.87. The molecular weight excluding hydrogens is 180 g/mol. The van der Waals surface area contributed by atoms with Crippen LogP contribution in [0.2, 0.25) is 0 Å². The number of allylic oxidation sites excluding steroid dienone is 6. The van der Waals surface area contributed by atoms with Crippen LogP contribution >= 0.6 is 0 Å². The Morgan fingerprint density at radius 2 is 1.93 bits per heavy atom. The highest BCUT2D eigenvalue weighted by atomic mass is 14.1. The lowest BCUT2D eigenvalue weighted by atomic mass is 9.98. The predicted octanol–water partition coefficient (Wildman–Crippen LogP) is 4.20. The molecule has 0 N–H and O–H groups in total. The SMILES string of the molecule is Cc1ccc(C)c(C2=CC=CCC=C2)c1. The van der Waals surface area contributed by atoms with Crippen LogP contribution in [0.15, 0.2) is 48.6 Å². The maximum Gasteiger partial charge on any atom is -0.0152 e. The fourth-order valence-electron chi connectivity index (χ4n) is 1.81. The van der Waals surface area contributed by atoms with Gasteiger partial charge >= 0.3 is 0 Å². The first kappa shape index (κ1) is 9.97. The summed E-state index contributed by atoms with van der Waals surface area (Å²) in [5.74, 6) is 0. The zero-order valence-electron chi connectivity index (χ0n) is 9.33. The normalized spacial score (nSPS) is 14.9. The standard InChI is InChI=1S/C15H16/c1-12-9-10-13(2)15(11-12)14-7-5-3-4-6-8-14/h3,5-11H,4H2,1-2H3. The van der Waals surface area contributed by atoms with E-state index in [1.54, 1.807) is 0 Å². The minimum Gasteiger partial charge on any atom is -0.0807 e. The van der Waals surface area contributed by atoms with Crippen LogP contribution < -0.4 is 0 Å². The van der Waals surface area contributed by atoms with Crippen molar-refractivity contribution in [1.82, 2.24) is 0 Å². The van der Waals surface area contributed by atoms with E-state index >= 15 is 0 Å². The largest absolute Gasteiger partial charge is 0.0807 e. The van der Waals surface area contributed by atoms with Gasteiger partial charge in [-0.3, -0.25) is 0 Å². The summed E-state index contributed by atoms with van der Waals surface area (Å²) >= 11 is 0.